The Hall–Kier alpha value is -2.08. The highest BCUT2D eigenvalue weighted by atomic mass is 32.1. The lowest BCUT2D eigenvalue weighted by atomic mass is 10.2. The highest BCUT2D eigenvalue weighted by molar-refractivity contribution is 7.80. The van der Waals surface area contributed by atoms with Gasteiger partial charge in [0.25, 0.3) is 0 Å². The van der Waals surface area contributed by atoms with Crippen molar-refractivity contribution in [2.75, 3.05) is 5.32 Å². The molecule has 0 atom stereocenters. The molecule has 0 aliphatic heterocycles. The van der Waals surface area contributed by atoms with Gasteiger partial charge in [0.1, 0.15) is 16.5 Å². The molecule has 2 rings (SSSR count). The van der Waals surface area contributed by atoms with E-state index in [0.29, 0.717) is 11.6 Å². The maximum atomic E-state index is 13.0. The molecule has 1 aromatic heterocycles. The Kier molecular flexibility index (Phi) is 3.47. The van der Waals surface area contributed by atoms with Crippen molar-refractivity contribution in [3.05, 3.63) is 47.5 Å². The molecule has 0 aliphatic carbocycles. The third kappa shape index (κ3) is 2.78. The molecule has 18 heavy (non-hydrogen) atoms. The van der Waals surface area contributed by atoms with Crippen LogP contribution < -0.4 is 11.1 Å². The predicted molar refractivity (Wildman–Crippen MR) is 72.3 cm³/mol. The molecule has 6 heteroatoms. The minimum absolute atomic E-state index is 0.205. The first-order chi connectivity index (χ1) is 8.56. The summed E-state index contributed by atoms with van der Waals surface area (Å²) in [6.45, 7) is 1.79. The van der Waals surface area contributed by atoms with Gasteiger partial charge in [0.05, 0.1) is 0 Å². The fraction of sp³-hybridized carbons (Fsp3) is 0.0833. The zero-order valence-corrected chi connectivity index (χ0v) is 10.5. The maximum absolute atomic E-state index is 13.0. The molecule has 0 saturated heterocycles. The first-order valence-electron chi connectivity index (χ1n) is 5.22. The molecule has 0 spiro atoms. The van der Waals surface area contributed by atoms with Crippen molar-refractivity contribution in [2.45, 2.75) is 6.92 Å². The number of hydrogen-bond acceptors (Lipinski definition) is 4. The summed E-state index contributed by atoms with van der Waals surface area (Å²) < 4.78 is 13.0. The number of thiocarbonyl (C=S) groups is 1. The average molecular weight is 262 g/mol. The normalized spacial score (nSPS) is 10.1. The molecule has 0 radical (unpaired) electrons. The Bertz CT molecular complexity index is 600. The van der Waals surface area contributed by atoms with Gasteiger partial charge < -0.3 is 11.1 Å². The van der Waals surface area contributed by atoms with E-state index in [1.807, 2.05) is 0 Å². The summed E-state index contributed by atoms with van der Waals surface area (Å²) in [6.07, 6.45) is 1.56. The standard InChI is InChI=1S/C12H11FN4S/c1-7-6-8(13)2-3-9(7)16-12-15-5-4-10(17-12)11(14)18/h2-6H,1H3,(H2,14,18)(H,15,16,17). The number of hydrogen-bond donors (Lipinski definition) is 2. The number of aromatic nitrogens is 2. The van der Waals surface area contributed by atoms with Crippen LogP contribution in [0.4, 0.5) is 16.0 Å². The van der Waals surface area contributed by atoms with Gasteiger partial charge in [-0.3, -0.25) is 0 Å². The van der Waals surface area contributed by atoms with E-state index in [1.165, 1.54) is 12.1 Å². The molecule has 3 N–H and O–H groups in total. The highest BCUT2D eigenvalue weighted by Gasteiger charge is 2.04. The molecule has 1 heterocycles. The second-order valence-electron chi connectivity index (χ2n) is 3.71. The summed E-state index contributed by atoms with van der Waals surface area (Å²) >= 11 is 4.84. The lowest BCUT2D eigenvalue weighted by Gasteiger charge is -2.08. The van der Waals surface area contributed by atoms with Gasteiger partial charge in [-0.05, 0) is 36.8 Å². The van der Waals surface area contributed by atoms with Crippen LogP contribution in [0.2, 0.25) is 0 Å². The Labute approximate surface area is 109 Å². The van der Waals surface area contributed by atoms with Crippen molar-refractivity contribution in [1.82, 2.24) is 9.97 Å². The van der Waals surface area contributed by atoms with Crippen LogP contribution in [-0.2, 0) is 0 Å². The number of benzene rings is 1. The van der Waals surface area contributed by atoms with E-state index in [-0.39, 0.29) is 10.8 Å². The minimum atomic E-state index is -0.282. The summed E-state index contributed by atoms with van der Waals surface area (Å²) in [7, 11) is 0. The van der Waals surface area contributed by atoms with Crippen LogP contribution in [-0.4, -0.2) is 15.0 Å². The lowest BCUT2D eigenvalue weighted by Crippen LogP contribution is -2.13. The zero-order valence-electron chi connectivity index (χ0n) is 9.64. The molecule has 0 fully saturated rings. The largest absolute Gasteiger partial charge is 0.388 e. The molecule has 1 aromatic carbocycles. The van der Waals surface area contributed by atoms with Crippen molar-refractivity contribution >= 4 is 28.8 Å². The Balaban J connectivity index is 2.28. The molecule has 4 nitrogen and oxygen atoms in total. The third-order valence-corrected chi connectivity index (χ3v) is 2.55. The Morgan fingerprint density at radius 3 is 2.83 bits per heavy atom. The van der Waals surface area contributed by atoms with Crippen LogP contribution >= 0.6 is 12.2 Å². The van der Waals surface area contributed by atoms with Crippen LogP contribution in [0, 0.1) is 12.7 Å². The summed E-state index contributed by atoms with van der Waals surface area (Å²) in [4.78, 5) is 8.40. The van der Waals surface area contributed by atoms with Crippen molar-refractivity contribution in [2.24, 2.45) is 5.73 Å². The molecular weight excluding hydrogens is 251 g/mol. The van der Waals surface area contributed by atoms with Crippen molar-refractivity contribution < 1.29 is 4.39 Å². The first-order valence-corrected chi connectivity index (χ1v) is 5.63. The van der Waals surface area contributed by atoms with Gasteiger partial charge in [0.15, 0.2) is 0 Å². The van der Waals surface area contributed by atoms with E-state index in [1.54, 1.807) is 25.3 Å². The first kappa shape index (κ1) is 12.4. The molecule has 0 bridgehead atoms. The number of anilines is 2. The zero-order chi connectivity index (χ0) is 13.1. The fourth-order valence-electron chi connectivity index (χ4n) is 1.44. The second-order valence-corrected chi connectivity index (χ2v) is 4.15. The van der Waals surface area contributed by atoms with Crippen LogP contribution in [0.25, 0.3) is 0 Å². The van der Waals surface area contributed by atoms with E-state index < -0.39 is 0 Å². The SMILES string of the molecule is Cc1cc(F)ccc1Nc1nccc(C(N)=S)n1. The van der Waals surface area contributed by atoms with E-state index in [2.05, 4.69) is 15.3 Å². The van der Waals surface area contributed by atoms with E-state index in [4.69, 9.17) is 18.0 Å². The van der Waals surface area contributed by atoms with Crippen molar-refractivity contribution in [3.63, 3.8) is 0 Å². The summed E-state index contributed by atoms with van der Waals surface area (Å²) in [5.74, 6) is 0.0888. The summed E-state index contributed by atoms with van der Waals surface area (Å²) in [5.41, 5.74) is 7.47. The predicted octanol–water partition coefficient (Wildman–Crippen LogP) is 2.30. The fourth-order valence-corrected chi connectivity index (χ4v) is 1.56. The monoisotopic (exact) mass is 262 g/mol. The van der Waals surface area contributed by atoms with Crippen molar-refractivity contribution in [3.8, 4) is 0 Å². The van der Waals surface area contributed by atoms with Gasteiger partial charge in [-0.25, -0.2) is 14.4 Å². The van der Waals surface area contributed by atoms with Gasteiger partial charge in [-0.1, -0.05) is 12.2 Å². The molecule has 0 saturated carbocycles. The number of rotatable bonds is 3. The van der Waals surface area contributed by atoms with Crippen molar-refractivity contribution in [1.29, 1.82) is 0 Å². The molecule has 92 valence electrons. The maximum Gasteiger partial charge on any atom is 0.227 e. The van der Waals surface area contributed by atoms with Gasteiger partial charge in [0.2, 0.25) is 5.95 Å². The van der Waals surface area contributed by atoms with Gasteiger partial charge in [-0.2, -0.15) is 0 Å². The van der Waals surface area contributed by atoms with E-state index in [0.717, 1.165) is 11.3 Å². The van der Waals surface area contributed by atoms with Gasteiger partial charge in [0, 0.05) is 11.9 Å². The number of halogens is 1. The molecule has 0 amide bonds. The quantitative estimate of drug-likeness (QED) is 0.831. The van der Waals surface area contributed by atoms with Gasteiger partial charge >= 0.3 is 0 Å². The Morgan fingerprint density at radius 2 is 2.17 bits per heavy atom. The van der Waals surface area contributed by atoms with E-state index in [9.17, 15) is 4.39 Å². The Morgan fingerprint density at radius 1 is 1.39 bits per heavy atom. The highest BCUT2D eigenvalue weighted by Crippen LogP contribution is 2.18. The molecule has 0 unspecified atom stereocenters. The second kappa shape index (κ2) is 5.05. The van der Waals surface area contributed by atoms with Gasteiger partial charge in [-0.15, -0.1) is 0 Å². The third-order valence-electron chi connectivity index (χ3n) is 2.34. The summed E-state index contributed by atoms with van der Waals surface area (Å²) in [6, 6.07) is 6.05. The van der Waals surface area contributed by atoms with Crippen LogP contribution in [0.1, 0.15) is 11.3 Å². The van der Waals surface area contributed by atoms with Crippen LogP contribution in [0.3, 0.4) is 0 Å². The van der Waals surface area contributed by atoms with E-state index >= 15 is 0 Å². The minimum Gasteiger partial charge on any atom is -0.388 e. The van der Waals surface area contributed by atoms with Crippen LogP contribution in [0.15, 0.2) is 30.5 Å². The number of aryl methyl sites for hydroxylation is 1. The summed E-state index contributed by atoms with van der Waals surface area (Å²) in [5, 5.41) is 2.99. The molecule has 2 aromatic rings. The smallest absolute Gasteiger partial charge is 0.227 e. The molecule has 0 aliphatic rings. The average Bonchev–Trinajstić information content (AvgIpc) is 2.33. The molecular formula is C12H11FN4S. The number of nitrogens with zero attached hydrogens (tertiary/aromatic N) is 2. The lowest BCUT2D eigenvalue weighted by molar-refractivity contribution is 0.627. The van der Waals surface area contributed by atoms with Crippen LogP contribution in [0.5, 0.6) is 0 Å². The topological polar surface area (TPSA) is 63.8 Å². The number of nitrogens with one attached hydrogen (secondary N) is 1. The number of nitrogens with two attached hydrogens (primary N) is 1.